The summed E-state index contributed by atoms with van der Waals surface area (Å²) in [4.78, 5) is 13.8. The monoisotopic (exact) mass is 323 g/mol. The highest BCUT2D eigenvalue weighted by Crippen LogP contribution is 2.35. The van der Waals surface area contributed by atoms with Crippen molar-refractivity contribution in [3.63, 3.8) is 0 Å². The van der Waals surface area contributed by atoms with Crippen LogP contribution in [0.3, 0.4) is 0 Å². The first-order valence-corrected chi connectivity index (χ1v) is 8.17. The Morgan fingerprint density at radius 3 is 2.58 bits per heavy atom. The molecule has 1 amide bonds. The second kappa shape index (κ2) is 6.90. The fourth-order valence-electron chi connectivity index (χ4n) is 3.24. The zero-order chi connectivity index (χ0) is 17.0. The molecule has 2 aromatic rings. The summed E-state index contributed by atoms with van der Waals surface area (Å²) in [5.41, 5.74) is 0.709. The highest BCUT2D eigenvalue weighted by molar-refractivity contribution is 5.91. The molecule has 0 unspecified atom stereocenters. The number of nitrogens with one attached hydrogen (secondary N) is 1. The van der Waals surface area contributed by atoms with E-state index in [2.05, 4.69) is 16.3 Å². The van der Waals surface area contributed by atoms with E-state index in [0.29, 0.717) is 12.3 Å². The maximum absolute atomic E-state index is 11.5. The molecule has 1 aliphatic heterocycles. The van der Waals surface area contributed by atoms with Gasteiger partial charge >= 0.3 is 0 Å². The van der Waals surface area contributed by atoms with Crippen molar-refractivity contribution in [3.8, 4) is 6.07 Å². The molecule has 5 nitrogen and oxygen atoms in total. The van der Waals surface area contributed by atoms with Gasteiger partial charge in [-0.3, -0.25) is 9.69 Å². The Balaban J connectivity index is 1.64. The molecule has 1 aromatic heterocycles. The van der Waals surface area contributed by atoms with Gasteiger partial charge in [0, 0.05) is 20.1 Å². The van der Waals surface area contributed by atoms with Crippen LogP contribution in [0.4, 0.5) is 0 Å². The first-order valence-electron chi connectivity index (χ1n) is 8.17. The van der Waals surface area contributed by atoms with E-state index in [0.717, 1.165) is 37.3 Å². The minimum absolute atomic E-state index is 0.215. The topological polar surface area (TPSA) is 69.3 Å². The number of furan rings is 1. The number of carbonyl (C=O) groups is 1. The Hall–Kier alpha value is -2.58. The lowest BCUT2D eigenvalue weighted by atomic mass is 9.74. The fraction of sp³-hybridized carbons (Fsp3) is 0.368. The summed E-state index contributed by atoms with van der Waals surface area (Å²) >= 11 is 0. The quantitative estimate of drug-likeness (QED) is 0.939. The first kappa shape index (κ1) is 16.3. The molecule has 0 aliphatic carbocycles. The molecule has 2 heterocycles. The average Bonchev–Trinajstić information content (AvgIpc) is 3.11. The summed E-state index contributed by atoms with van der Waals surface area (Å²) in [6.07, 6.45) is 1.60. The highest BCUT2D eigenvalue weighted by Gasteiger charge is 2.36. The molecular formula is C19H21N3O2. The molecule has 0 bridgehead atoms. The molecule has 124 valence electrons. The number of benzene rings is 1. The molecule has 1 N–H and O–H groups in total. The van der Waals surface area contributed by atoms with E-state index in [9.17, 15) is 10.1 Å². The normalized spacial score (nSPS) is 17.2. The molecule has 1 fully saturated rings. The van der Waals surface area contributed by atoms with Gasteiger partial charge in [0.15, 0.2) is 5.76 Å². The molecule has 0 saturated carbocycles. The van der Waals surface area contributed by atoms with Gasteiger partial charge in [-0.2, -0.15) is 5.26 Å². The number of carbonyl (C=O) groups excluding carboxylic acids is 1. The number of hydrogen-bond donors (Lipinski definition) is 1. The molecule has 0 spiro atoms. The third-order valence-corrected chi connectivity index (χ3v) is 4.74. The van der Waals surface area contributed by atoms with E-state index in [1.165, 1.54) is 0 Å². The molecule has 0 atom stereocenters. The van der Waals surface area contributed by atoms with Crippen molar-refractivity contribution in [2.24, 2.45) is 0 Å². The number of likely N-dealkylation sites (tertiary alicyclic amines) is 1. The van der Waals surface area contributed by atoms with E-state index in [-0.39, 0.29) is 5.91 Å². The largest absolute Gasteiger partial charge is 0.455 e. The summed E-state index contributed by atoms with van der Waals surface area (Å²) in [5, 5.41) is 12.3. The van der Waals surface area contributed by atoms with Crippen LogP contribution in [0.15, 0.2) is 46.9 Å². The Morgan fingerprint density at radius 2 is 1.96 bits per heavy atom. The second-order valence-electron chi connectivity index (χ2n) is 6.18. The van der Waals surface area contributed by atoms with Crippen LogP contribution >= 0.6 is 0 Å². The predicted molar refractivity (Wildman–Crippen MR) is 90.3 cm³/mol. The van der Waals surface area contributed by atoms with Crippen LogP contribution in [0.1, 0.15) is 34.7 Å². The van der Waals surface area contributed by atoms with Crippen LogP contribution in [0.5, 0.6) is 0 Å². The smallest absolute Gasteiger partial charge is 0.286 e. The maximum atomic E-state index is 11.5. The van der Waals surface area contributed by atoms with E-state index in [1.54, 1.807) is 13.1 Å². The van der Waals surface area contributed by atoms with E-state index in [1.807, 2.05) is 36.4 Å². The third kappa shape index (κ3) is 3.19. The van der Waals surface area contributed by atoms with Crippen molar-refractivity contribution in [1.29, 1.82) is 5.26 Å². The van der Waals surface area contributed by atoms with Crippen LogP contribution in [-0.2, 0) is 12.0 Å². The molecule has 1 saturated heterocycles. The average molecular weight is 323 g/mol. The van der Waals surface area contributed by atoms with Gasteiger partial charge in [0.2, 0.25) is 0 Å². The minimum atomic E-state index is -0.395. The summed E-state index contributed by atoms with van der Waals surface area (Å²) in [7, 11) is 1.58. The van der Waals surface area contributed by atoms with E-state index in [4.69, 9.17) is 4.42 Å². The van der Waals surface area contributed by atoms with Gasteiger partial charge in [-0.05, 0) is 30.5 Å². The van der Waals surface area contributed by atoms with Crippen molar-refractivity contribution in [2.45, 2.75) is 24.8 Å². The van der Waals surface area contributed by atoms with Crippen molar-refractivity contribution < 1.29 is 9.21 Å². The SMILES string of the molecule is CNC(=O)c1ccc(CN2CCC(C#N)(c3ccccc3)CC2)o1. The summed E-state index contributed by atoms with van der Waals surface area (Å²) < 4.78 is 5.58. The Labute approximate surface area is 141 Å². The number of amides is 1. The number of rotatable bonds is 4. The van der Waals surface area contributed by atoms with Crippen LogP contribution < -0.4 is 5.32 Å². The number of piperidine rings is 1. The van der Waals surface area contributed by atoms with Gasteiger partial charge in [0.25, 0.3) is 5.91 Å². The maximum Gasteiger partial charge on any atom is 0.286 e. The van der Waals surface area contributed by atoms with Gasteiger partial charge in [-0.15, -0.1) is 0 Å². The lowest BCUT2D eigenvalue weighted by Crippen LogP contribution is -2.41. The molecule has 1 aromatic carbocycles. The van der Waals surface area contributed by atoms with Crippen LogP contribution in [0.25, 0.3) is 0 Å². The van der Waals surface area contributed by atoms with Crippen molar-refractivity contribution >= 4 is 5.91 Å². The zero-order valence-corrected chi connectivity index (χ0v) is 13.8. The second-order valence-corrected chi connectivity index (χ2v) is 6.18. The summed E-state index contributed by atoms with van der Waals surface area (Å²) in [6, 6.07) is 16.1. The van der Waals surface area contributed by atoms with Crippen molar-refractivity contribution in [3.05, 3.63) is 59.5 Å². The van der Waals surface area contributed by atoms with Gasteiger partial charge in [0.1, 0.15) is 5.76 Å². The lowest BCUT2D eigenvalue weighted by Gasteiger charge is -2.37. The molecule has 3 rings (SSSR count). The van der Waals surface area contributed by atoms with Gasteiger partial charge in [-0.1, -0.05) is 30.3 Å². The molecule has 24 heavy (non-hydrogen) atoms. The van der Waals surface area contributed by atoms with E-state index < -0.39 is 5.41 Å². The standard InChI is InChI=1S/C19H21N3O2/c1-21-18(23)17-8-7-16(24-17)13-22-11-9-19(14-20,10-12-22)15-5-3-2-4-6-15/h2-8H,9-13H2,1H3,(H,21,23). The third-order valence-electron chi connectivity index (χ3n) is 4.74. The summed E-state index contributed by atoms with van der Waals surface area (Å²) in [6.45, 7) is 2.32. The van der Waals surface area contributed by atoms with Crippen LogP contribution in [0.2, 0.25) is 0 Å². The summed E-state index contributed by atoms with van der Waals surface area (Å²) in [5.74, 6) is 0.894. The van der Waals surface area contributed by atoms with Crippen LogP contribution in [-0.4, -0.2) is 30.9 Å². The van der Waals surface area contributed by atoms with Gasteiger partial charge in [0.05, 0.1) is 18.0 Å². The number of hydrogen-bond acceptors (Lipinski definition) is 4. The Morgan fingerprint density at radius 1 is 1.25 bits per heavy atom. The van der Waals surface area contributed by atoms with Gasteiger partial charge < -0.3 is 9.73 Å². The number of nitriles is 1. The van der Waals surface area contributed by atoms with Crippen LogP contribution in [0, 0.1) is 11.3 Å². The Bertz CT molecular complexity index is 737. The number of nitrogens with zero attached hydrogens (tertiary/aromatic N) is 2. The lowest BCUT2D eigenvalue weighted by molar-refractivity contribution is 0.0930. The predicted octanol–water partition coefficient (Wildman–Crippen LogP) is 2.70. The van der Waals surface area contributed by atoms with E-state index >= 15 is 0 Å². The molecular weight excluding hydrogens is 302 g/mol. The molecule has 5 heteroatoms. The van der Waals surface area contributed by atoms with Gasteiger partial charge in [-0.25, -0.2) is 0 Å². The first-order chi connectivity index (χ1) is 11.7. The molecule has 0 radical (unpaired) electrons. The van der Waals surface area contributed by atoms with Crippen molar-refractivity contribution in [2.75, 3.05) is 20.1 Å². The van der Waals surface area contributed by atoms with Crippen molar-refractivity contribution in [1.82, 2.24) is 10.2 Å². The highest BCUT2D eigenvalue weighted by atomic mass is 16.4. The Kier molecular flexibility index (Phi) is 4.68. The minimum Gasteiger partial charge on any atom is -0.455 e. The zero-order valence-electron chi connectivity index (χ0n) is 13.8. The molecule has 1 aliphatic rings. The fourth-order valence-corrected chi connectivity index (χ4v) is 3.24.